The summed E-state index contributed by atoms with van der Waals surface area (Å²) in [6.45, 7) is 2.25. The van der Waals surface area contributed by atoms with E-state index in [4.69, 9.17) is 0 Å². The summed E-state index contributed by atoms with van der Waals surface area (Å²) in [5.74, 6) is -0.464. The third-order valence-electron chi connectivity index (χ3n) is 2.42. The van der Waals surface area contributed by atoms with Gasteiger partial charge in [-0.2, -0.15) is 0 Å². The van der Waals surface area contributed by atoms with Crippen LogP contribution in [0.15, 0.2) is 0 Å². The van der Waals surface area contributed by atoms with Crippen molar-refractivity contribution in [1.29, 1.82) is 0 Å². The summed E-state index contributed by atoms with van der Waals surface area (Å²) in [5.41, 5.74) is 0. The molecule has 0 aromatic rings. The summed E-state index contributed by atoms with van der Waals surface area (Å²) < 4.78 is 4.66. The predicted octanol–water partition coefficient (Wildman–Crippen LogP) is 0.0171. The Bertz CT molecular complexity index is 242. The molecule has 1 fully saturated rings. The maximum atomic E-state index is 11.4. The van der Waals surface area contributed by atoms with Gasteiger partial charge >= 0.3 is 5.97 Å². The van der Waals surface area contributed by atoms with E-state index in [1.54, 1.807) is 12.1 Å². The molecule has 1 saturated heterocycles. The molecule has 0 saturated carbocycles. The van der Waals surface area contributed by atoms with Gasteiger partial charge in [0.05, 0.1) is 7.11 Å². The van der Waals surface area contributed by atoms with Gasteiger partial charge < -0.3 is 4.74 Å². The highest BCUT2D eigenvalue weighted by molar-refractivity contribution is 5.83. The van der Waals surface area contributed by atoms with Crippen LogP contribution in [-0.4, -0.2) is 48.6 Å². The van der Waals surface area contributed by atoms with Gasteiger partial charge in [-0.1, -0.05) is 0 Å². The number of esters is 1. The van der Waals surface area contributed by atoms with Crippen LogP contribution in [-0.2, 0) is 14.3 Å². The van der Waals surface area contributed by atoms with Crippen LogP contribution in [0, 0.1) is 0 Å². The Hall–Kier alpha value is -1.10. The highest BCUT2D eigenvalue weighted by atomic mass is 16.5. The average Bonchev–Trinajstić information content (AvgIpc) is 2.15. The fourth-order valence-corrected chi connectivity index (χ4v) is 1.80. The average molecular weight is 200 g/mol. The standard InChI is InChI=1S/C9H16N2O3/c1-7(12)11-8(9(13)14-3)5-4-6-10(11)2/h8H,4-6H2,1-3H3. The molecule has 5 heteroatoms. The van der Waals surface area contributed by atoms with Gasteiger partial charge in [0.25, 0.3) is 0 Å². The van der Waals surface area contributed by atoms with Gasteiger partial charge in [-0.25, -0.2) is 9.80 Å². The molecule has 0 aliphatic carbocycles. The number of ether oxygens (including phenoxy) is 1. The quantitative estimate of drug-likeness (QED) is 0.560. The van der Waals surface area contributed by atoms with Crippen molar-refractivity contribution in [3.05, 3.63) is 0 Å². The minimum absolute atomic E-state index is 0.123. The summed E-state index contributed by atoms with van der Waals surface area (Å²) in [4.78, 5) is 22.7. The number of nitrogens with zero attached hydrogens (tertiary/aromatic N) is 2. The molecule has 1 aliphatic heterocycles. The van der Waals surface area contributed by atoms with Gasteiger partial charge in [0.15, 0.2) is 0 Å². The lowest BCUT2D eigenvalue weighted by atomic mass is 10.1. The summed E-state index contributed by atoms with van der Waals surface area (Å²) >= 11 is 0. The topological polar surface area (TPSA) is 49.9 Å². The predicted molar refractivity (Wildman–Crippen MR) is 50.2 cm³/mol. The van der Waals surface area contributed by atoms with Crippen molar-refractivity contribution >= 4 is 11.9 Å². The molecule has 0 aromatic carbocycles. The lowest BCUT2D eigenvalue weighted by Crippen LogP contribution is -2.56. The van der Waals surface area contributed by atoms with Gasteiger partial charge in [-0.3, -0.25) is 9.80 Å². The zero-order valence-electron chi connectivity index (χ0n) is 8.82. The van der Waals surface area contributed by atoms with Crippen LogP contribution in [0.3, 0.4) is 0 Å². The van der Waals surface area contributed by atoms with Gasteiger partial charge in [-0.05, 0) is 12.8 Å². The van der Waals surface area contributed by atoms with E-state index < -0.39 is 6.04 Å². The Balaban J connectivity index is 2.79. The number of rotatable bonds is 1. The molecule has 0 spiro atoms. The Labute approximate surface area is 83.6 Å². The molecule has 0 aromatic heterocycles. The van der Waals surface area contributed by atoms with Gasteiger partial charge in [0.1, 0.15) is 6.04 Å². The third-order valence-corrected chi connectivity index (χ3v) is 2.42. The van der Waals surface area contributed by atoms with Gasteiger partial charge in [0, 0.05) is 20.5 Å². The van der Waals surface area contributed by atoms with Crippen LogP contribution in [0.2, 0.25) is 0 Å². The van der Waals surface area contributed by atoms with E-state index in [1.165, 1.54) is 19.0 Å². The van der Waals surface area contributed by atoms with Crippen molar-refractivity contribution in [1.82, 2.24) is 10.0 Å². The largest absolute Gasteiger partial charge is 0.467 e. The molecule has 0 radical (unpaired) electrons. The van der Waals surface area contributed by atoms with Gasteiger partial charge in [-0.15, -0.1) is 0 Å². The number of carbonyl (C=O) groups is 2. The molecule has 80 valence electrons. The van der Waals surface area contributed by atoms with Crippen LogP contribution in [0.1, 0.15) is 19.8 Å². The van der Waals surface area contributed by atoms with Crippen LogP contribution < -0.4 is 0 Å². The first-order chi connectivity index (χ1) is 6.57. The fraction of sp³-hybridized carbons (Fsp3) is 0.778. The molecule has 1 heterocycles. The molecule has 0 bridgehead atoms. The molecule has 14 heavy (non-hydrogen) atoms. The van der Waals surface area contributed by atoms with Crippen molar-refractivity contribution in [2.75, 3.05) is 20.7 Å². The van der Waals surface area contributed by atoms with Crippen molar-refractivity contribution < 1.29 is 14.3 Å². The molecule has 0 N–H and O–H groups in total. The Morgan fingerprint density at radius 2 is 2.07 bits per heavy atom. The van der Waals surface area contributed by atoms with Crippen molar-refractivity contribution in [2.24, 2.45) is 0 Å². The normalized spacial score (nSPS) is 23.4. The first-order valence-electron chi connectivity index (χ1n) is 4.66. The number of hydrogen-bond donors (Lipinski definition) is 0. The maximum Gasteiger partial charge on any atom is 0.330 e. The molecule has 1 atom stereocenters. The minimum atomic E-state index is -0.448. The van der Waals surface area contributed by atoms with Crippen molar-refractivity contribution in [3.8, 4) is 0 Å². The van der Waals surface area contributed by atoms with Crippen molar-refractivity contribution in [2.45, 2.75) is 25.8 Å². The zero-order valence-corrected chi connectivity index (χ0v) is 8.82. The van der Waals surface area contributed by atoms with Crippen LogP contribution in [0.4, 0.5) is 0 Å². The number of methoxy groups -OCH3 is 1. The number of hydrogen-bond acceptors (Lipinski definition) is 4. The molecule has 1 amide bonds. The monoisotopic (exact) mass is 200 g/mol. The van der Waals surface area contributed by atoms with Crippen molar-refractivity contribution in [3.63, 3.8) is 0 Å². The lowest BCUT2D eigenvalue weighted by Gasteiger charge is -2.40. The van der Waals surface area contributed by atoms with Gasteiger partial charge in [0.2, 0.25) is 5.91 Å². The summed E-state index contributed by atoms with van der Waals surface area (Å²) in [6.07, 6.45) is 1.58. The second-order valence-electron chi connectivity index (χ2n) is 3.43. The second-order valence-corrected chi connectivity index (χ2v) is 3.43. The lowest BCUT2D eigenvalue weighted by molar-refractivity contribution is -0.172. The Morgan fingerprint density at radius 3 is 2.57 bits per heavy atom. The van der Waals surface area contributed by atoms with Crippen LogP contribution >= 0.6 is 0 Å². The first kappa shape index (κ1) is 11.0. The summed E-state index contributed by atoms with van der Waals surface area (Å²) in [5, 5.41) is 3.24. The Morgan fingerprint density at radius 1 is 1.43 bits per heavy atom. The van der Waals surface area contributed by atoms with E-state index in [-0.39, 0.29) is 11.9 Å². The second kappa shape index (κ2) is 4.41. The number of carbonyl (C=O) groups excluding carboxylic acids is 2. The smallest absolute Gasteiger partial charge is 0.330 e. The van der Waals surface area contributed by atoms with E-state index in [0.29, 0.717) is 6.42 Å². The molecule has 1 aliphatic rings. The van der Waals surface area contributed by atoms with Crippen LogP contribution in [0.5, 0.6) is 0 Å². The SMILES string of the molecule is COC(=O)C1CCCN(C)N1C(C)=O. The van der Waals surface area contributed by atoms with E-state index in [2.05, 4.69) is 4.74 Å². The first-order valence-corrected chi connectivity index (χ1v) is 4.66. The molecular weight excluding hydrogens is 184 g/mol. The van der Waals surface area contributed by atoms with E-state index >= 15 is 0 Å². The highest BCUT2D eigenvalue weighted by Crippen LogP contribution is 2.17. The van der Waals surface area contributed by atoms with E-state index in [9.17, 15) is 9.59 Å². The molecule has 5 nitrogen and oxygen atoms in total. The minimum Gasteiger partial charge on any atom is -0.467 e. The van der Waals surface area contributed by atoms with E-state index in [0.717, 1.165) is 13.0 Å². The zero-order chi connectivity index (χ0) is 10.7. The summed E-state index contributed by atoms with van der Waals surface area (Å²) in [6, 6.07) is -0.448. The van der Waals surface area contributed by atoms with E-state index in [1.807, 2.05) is 0 Å². The Kier molecular flexibility index (Phi) is 3.46. The maximum absolute atomic E-state index is 11.4. The number of amides is 1. The summed E-state index contributed by atoms with van der Waals surface area (Å²) in [7, 11) is 3.14. The third kappa shape index (κ3) is 2.04. The molecule has 1 unspecified atom stereocenters. The number of hydrazine groups is 1. The fourth-order valence-electron chi connectivity index (χ4n) is 1.80. The molecular formula is C9H16N2O3. The molecule has 1 rings (SSSR count). The highest BCUT2D eigenvalue weighted by Gasteiger charge is 2.34. The van der Waals surface area contributed by atoms with Crippen LogP contribution in [0.25, 0.3) is 0 Å².